The van der Waals surface area contributed by atoms with Crippen LogP contribution in [0.3, 0.4) is 0 Å². The molecular formula is C17H26N4O3. The summed E-state index contributed by atoms with van der Waals surface area (Å²) >= 11 is 0. The van der Waals surface area contributed by atoms with Crippen LogP contribution in [0.1, 0.15) is 49.5 Å². The number of carbonyl (C=O) groups is 1. The molecule has 1 N–H and O–H groups in total. The average Bonchev–Trinajstić information content (AvgIpc) is 3.01. The Labute approximate surface area is 142 Å². The van der Waals surface area contributed by atoms with E-state index in [1.807, 2.05) is 6.92 Å². The van der Waals surface area contributed by atoms with Gasteiger partial charge in [0.1, 0.15) is 11.9 Å². The third-order valence-corrected chi connectivity index (χ3v) is 5.00. The van der Waals surface area contributed by atoms with Crippen molar-refractivity contribution in [3.8, 4) is 6.01 Å². The summed E-state index contributed by atoms with van der Waals surface area (Å²) < 4.78 is 5.94. The summed E-state index contributed by atoms with van der Waals surface area (Å²) in [6.45, 7) is 4.87. The van der Waals surface area contributed by atoms with E-state index < -0.39 is 5.97 Å². The van der Waals surface area contributed by atoms with Gasteiger partial charge in [-0.15, -0.1) is 0 Å². The average molecular weight is 334 g/mol. The Bertz CT molecular complexity index is 589. The molecule has 2 saturated heterocycles. The molecule has 1 aromatic heterocycles. The van der Waals surface area contributed by atoms with E-state index in [2.05, 4.69) is 26.8 Å². The second kappa shape index (κ2) is 7.34. The summed E-state index contributed by atoms with van der Waals surface area (Å²) in [4.78, 5) is 24.4. The van der Waals surface area contributed by atoms with Crippen LogP contribution >= 0.6 is 0 Å². The number of hydrogen-bond donors (Lipinski definition) is 1. The van der Waals surface area contributed by atoms with Gasteiger partial charge in [-0.3, -0.25) is 4.90 Å². The summed E-state index contributed by atoms with van der Waals surface area (Å²) in [6.07, 6.45) is 5.58. The minimum Gasteiger partial charge on any atom is -0.477 e. The first-order valence-electron chi connectivity index (χ1n) is 8.79. The van der Waals surface area contributed by atoms with Crippen LogP contribution in [-0.4, -0.2) is 64.8 Å². The fourth-order valence-corrected chi connectivity index (χ4v) is 3.63. The van der Waals surface area contributed by atoms with Crippen LogP contribution in [-0.2, 0) is 0 Å². The number of carboxylic acids is 1. The molecule has 2 atom stereocenters. The number of carboxylic acid groups (broad SMARTS) is 1. The fourth-order valence-electron chi connectivity index (χ4n) is 3.63. The predicted octanol–water partition coefficient (Wildman–Crippen LogP) is 2.03. The molecule has 7 heteroatoms. The van der Waals surface area contributed by atoms with Gasteiger partial charge in [0, 0.05) is 25.2 Å². The van der Waals surface area contributed by atoms with Crippen LogP contribution < -0.4 is 9.64 Å². The highest BCUT2D eigenvalue weighted by Gasteiger charge is 2.29. The number of anilines is 1. The molecule has 3 heterocycles. The van der Waals surface area contributed by atoms with Gasteiger partial charge in [0.25, 0.3) is 0 Å². The molecule has 2 aliphatic rings. The predicted molar refractivity (Wildman–Crippen MR) is 90.8 cm³/mol. The van der Waals surface area contributed by atoms with Gasteiger partial charge >= 0.3 is 12.0 Å². The molecule has 1 aromatic rings. The van der Waals surface area contributed by atoms with Gasteiger partial charge in [-0.05, 0) is 52.6 Å². The Balaban J connectivity index is 1.80. The lowest BCUT2D eigenvalue weighted by molar-refractivity contribution is 0.0684. The number of rotatable bonds is 5. The van der Waals surface area contributed by atoms with Crippen molar-refractivity contribution in [2.45, 2.75) is 51.2 Å². The number of hydrogen-bond acceptors (Lipinski definition) is 6. The zero-order valence-corrected chi connectivity index (χ0v) is 14.4. The molecule has 0 aromatic carbocycles. The second-order valence-electron chi connectivity index (χ2n) is 6.76. The SMILES string of the molecule is C[C@H](Oc1nc(C(=O)O)cc(N2CCCCC2)n1)[C@@H]1CCCN1C. The van der Waals surface area contributed by atoms with E-state index in [9.17, 15) is 9.90 Å². The highest BCUT2D eigenvalue weighted by molar-refractivity contribution is 5.86. The zero-order chi connectivity index (χ0) is 17.1. The smallest absolute Gasteiger partial charge is 0.354 e. The van der Waals surface area contributed by atoms with Gasteiger partial charge < -0.3 is 14.7 Å². The summed E-state index contributed by atoms with van der Waals surface area (Å²) in [6, 6.07) is 2.04. The van der Waals surface area contributed by atoms with Gasteiger partial charge in [0.05, 0.1) is 0 Å². The van der Waals surface area contributed by atoms with Crippen LogP contribution in [0.15, 0.2) is 6.07 Å². The Hall–Kier alpha value is -1.89. The number of nitrogens with zero attached hydrogens (tertiary/aromatic N) is 4. The van der Waals surface area contributed by atoms with Crippen molar-refractivity contribution in [3.05, 3.63) is 11.8 Å². The Kier molecular flexibility index (Phi) is 5.18. The Morgan fingerprint density at radius 2 is 2.00 bits per heavy atom. The second-order valence-corrected chi connectivity index (χ2v) is 6.76. The van der Waals surface area contributed by atoms with Crippen molar-refractivity contribution in [1.29, 1.82) is 0 Å². The first-order valence-corrected chi connectivity index (χ1v) is 8.79. The van der Waals surface area contributed by atoms with E-state index in [4.69, 9.17) is 4.74 Å². The maximum atomic E-state index is 11.4. The van der Waals surface area contributed by atoms with Crippen molar-refractivity contribution >= 4 is 11.8 Å². The summed E-state index contributed by atoms with van der Waals surface area (Å²) in [5.74, 6) is -0.393. The monoisotopic (exact) mass is 334 g/mol. The quantitative estimate of drug-likeness (QED) is 0.882. The van der Waals surface area contributed by atoms with Crippen molar-refractivity contribution in [1.82, 2.24) is 14.9 Å². The van der Waals surface area contributed by atoms with E-state index in [0.29, 0.717) is 11.9 Å². The molecule has 0 spiro atoms. The van der Waals surface area contributed by atoms with Gasteiger partial charge in [0.15, 0.2) is 5.69 Å². The third kappa shape index (κ3) is 3.77. The van der Waals surface area contributed by atoms with Gasteiger partial charge in [-0.1, -0.05) is 0 Å². The molecule has 7 nitrogen and oxygen atoms in total. The lowest BCUT2D eigenvalue weighted by atomic mass is 10.1. The number of aromatic nitrogens is 2. The molecule has 0 radical (unpaired) electrons. The van der Waals surface area contributed by atoms with E-state index in [1.54, 1.807) is 6.07 Å². The molecule has 0 bridgehead atoms. The Morgan fingerprint density at radius 1 is 1.25 bits per heavy atom. The highest BCUT2D eigenvalue weighted by Crippen LogP contribution is 2.24. The number of likely N-dealkylation sites (tertiary alicyclic amines) is 1. The molecule has 0 unspecified atom stereocenters. The summed E-state index contributed by atoms with van der Waals surface area (Å²) in [7, 11) is 2.09. The van der Waals surface area contributed by atoms with Crippen LogP contribution in [0.25, 0.3) is 0 Å². The number of ether oxygens (including phenoxy) is 1. The molecule has 0 amide bonds. The third-order valence-electron chi connectivity index (χ3n) is 5.00. The van der Waals surface area contributed by atoms with E-state index >= 15 is 0 Å². The number of piperidine rings is 1. The zero-order valence-electron chi connectivity index (χ0n) is 14.4. The number of likely N-dealkylation sites (N-methyl/N-ethyl adjacent to an activating group) is 1. The maximum absolute atomic E-state index is 11.4. The van der Waals surface area contributed by atoms with Crippen molar-refractivity contribution in [3.63, 3.8) is 0 Å². The molecule has 132 valence electrons. The lowest BCUT2D eigenvalue weighted by Crippen LogP contribution is -2.38. The van der Waals surface area contributed by atoms with Crippen LogP contribution in [0, 0.1) is 0 Å². The van der Waals surface area contributed by atoms with Crippen LogP contribution in [0.5, 0.6) is 6.01 Å². The minimum absolute atomic E-state index is 0.00690. The van der Waals surface area contributed by atoms with E-state index in [1.165, 1.54) is 6.42 Å². The molecule has 0 saturated carbocycles. The van der Waals surface area contributed by atoms with Gasteiger partial charge in [0.2, 0.25) is 0 Å². The molecule has 24 heavy (non-hydrogen) atoms. The molecular weight excluding hydrogens is 308 g/mol. The highest BCUT2D eigenvalue weighted by atomic mass is 16.5. The molecule has 2 fully saturated rings. The topological polar surface area (TPSA) is 78.8 Å². The molecule has 2 aliphatic heterocycles. The van der Waals surface area contributed by atoms with Crippen LogP contribution in [0.2, 0.25) is 0 Å². The lowest BCUT2D eigenvalue weighted by Gasteiger charge is -2.29. The fraction of sp³-hybridized carbons (Fsp3) is 0.706. The van der Waals surface area contributed by atoms with Gasteiger partial charge in [-0.25, -0.2) is 4.79 Å². The van der Waals surface area contributed by atoms with E-state index in [-0.39, 0.29) is 17.8 Å². The first-order chi connectivity index (χ1) is 11.5. The normalized spacial score (nSPS) is 23.2. The largest absolute Gasteiger partial charge is 0.477 e. The van der Waals surface area contributed by atoms with Crippen molar-refractivity contribution in [2.24, 2.45) is 0 Å². The van der Waals surface area contributed by atoms with Gasteiger partial charge in [-0.2, -0.15) is 9.97 Å². The van der Waals surface area contributed by atoms with E-state index in [0.717, 1.165) is 45.3 Å². The van der Waals surface area contributed by atoms with Crippen molar-refractivity contribution < 1.29 is 14.6 Å². The van der Waals surface area contributed by atoms with Crippen molar-refractivity contribution in [2.75, 3.05) is 31.6 Å². The first kappa shape index (κ1) is 17.0. The maximum Gasteiger partial charge on any atom is 0.354 e. The molecule has 3 rings (SSSR count). The Morgan fingerprint density at radius 3 is 2.62 bits per heavy atom. The van der Waals surface area contributed by atoms with Crippen LogP contribution in [0.4, 0.5) is 5.82 Å². The summed E-state index contributed by atoms with van der Waals surface area (Å²) in [5.41, 5.74) is -0.00690. The minimum atomic E-state index is -1.05. The standard InChI is InChI=1S/C17H26N4O3/c1-12(14-7-6-8-20(14)2)24-17-18-13(16(22)23)11-15(19-17)21-9-4-3-5-10-21/h11-12,14H,3-10H2,1-2H3,(H,22,23)/t12-,14-/m0/s1. The molecule has 0 aliphatic carbocycles. The summed E-state index contributed by atoms with van der Waals surface area (Å²) in [5, 5.41) is 9.35. The number of aromatic carboxylic acids is 1.